The van der Waals surface area contributed by atoms with Crippen molar-refractivity contribution < 1.29 is 9.72 Å². The normalized spacial score (nSPS) is 10.9. The number of nitrogens with one attached hydrogen (secondary N) is 1. The molecule has 0 atom stereocenters. The maximum atomic E-state index is 12.4. The van der Waals surface area contributed by atoms with Gasteiger partial charge in [-0.2, -0.15) is 5.26 Å². The van der Waals surface area contributed by atoms with Gasteiger partial charge in [-0.1, -0.05) is 23.7 Å². The maximum Gasteiger partial charge on any atom is 0.270 e. The highest BCUT2D eigenvalue weighted by atomic mass is 35.5. The highest BCUT2D eigenvalue weighted by molar-refractivity contribution is 6.32. The van der Waals surface area contributed by atoms with Crippen molar-refractivity contribution >= 4 is 35.0 Å². The van der Waals surface area contributed by atoms with Crippen LogP contribution < -0.4 is 5.32 Å². The van der Waals surface area contributed by atoms with Gasteiger partial charge in [0.1, 0.15) is 11.6 Å². The van der Waals surface area contributed by atoms with E-state index in [0.29, 0.717) is 5.69 Å². The number of hydrogen-bond donors (Lipinski definition) is 1. The molecule has 25 heavy (non-hydrogen) atoms. The van der Waals surface area contributed by atoms with Crippen LogP contribution in [0.25, 0.3) is 6.08 Å². The number of nitro groups is 1. The Morgan fingerprint density at radius 2 is 2.04 bits per heavy atom. The molecular weight excluding hydrogens is 342 g/mol. The zero-order chi connectivity index (χ0) is 18.6. The molecule has 0 saturated heterocycles. The highest BCUT2D eigenvalue weighted by Crippen LogP contribution is 2.25. The van der Waals surface area contributed by atoms with Crippen molar-refractivity contribution in [2.75, 3.05) is 5.32 Å². The molecule has 0 radical (unpaired) electrons. The molecule has 0 spiro atoms. The molecule has 7 heteroatoms. The number of anilines is 1. The smallest absolute Gasteiger partial charge is 0.270 e. The number of carbonyl (C=O) groups is 1. The molecule has 6 nitrogen and oxygen atoms in total. The zero-order valence-corrected chi connectivity index (χ0v) is 14.3. The molecular formula is C18H14ClN3O3. The average molecular weight is 356 g/mol. The van der Waals surface area contributed by atoms with Gasteiger partial charge in [0.2, 0.25) is 0 Å². The third-order valence-electron chi connectivity index (χ3n) is 3.71. The van der Waals surface area contributed by atoms with Gasteiger partial charge < -0.3 is 5.32 Å². The molecule has 2 rings (SSSR count). The lowest BCUT2D eigenvalue weighted by Gasteiger charge is -2.10. The molecule has 0 aliphatic carbocycles. The first-order valence-corrected chi connectivity index (χ1v) is 7.64. The van der Waals surface area contributed by atoms with Gasteiger partial charge in [-0.25, -0.2) is 0 Å². The molecule has 0 bridgehead atoms. The Bertz CT molecular complexity index is 930. The summed E-state index contributed by atoms with van der Waals surface area (Å²) in [6.07, 6.45) is 1.23. The first-order chi connectivity index (χ1) is 11.8. The summed E-state index contributed by atoms with van der Waals surface area (Å²) in [4.78, 5) is 22.7. The van der Waals surface area contributed by atoms with Gasteiger partial charge in [-0.3, -0.25) is 14.9 Å². The van der Waals surface area contributed by atoms with Crippen molar-refractivity contribution in [1.82, 2.24) is 0 Å². The molecule has 1 N–H and O–H groups in total. The minimum atomic E-state index is -0.612. The average Bonchev–Trinajstić information content (AvgIpc) is 2.57. The van der Waals surface area contributed by atoms with Crippen LogP contribution in [0.4, 0.5) is 11.4 Å². The van der Waals surface area contributed by atoms with Crippen LogP contribution in [0.1, 0.15) is 16.7 Å². The Balaban J connectivity index is 2.36. The van der Waals surface area contributed by atoms with Gasteiger partial charge in [0.25, 0.3) is 11.6 Å². The first kappa shape index (κ1) is 18.2. The Morgan fingerprint density at radius 3 is 2.68 bits per heavy atom. The Morgan fingerprint density at radius 1 is 1.32 bits per heavy atom. The third kappa shape index (κ3) is 4.22. The number of nitriles is 1. The van der Waals surface area contributed by atoms with E-state index in [2.05, 4.69) is 5.32 Å². The fourth-order valence-corrected chi connectivity index (χ4v) is 2.31. The lowest BCUT2D eigenvalue weighted by molar-refractivity contribution is -0.384. The summed E-state index contributed by atoms with van der Waals surface area (Å²) in [5.74, 6) is -0.612. The van der Waals surface area contributed by atoms with Crippen LogP contribution in [0.2, 0.25) is 5.02 Å². The molecule has 1 amide bonds. The molecule has 0 aliphatic heterocycles. The van der Waals surface area contributed by atoms with E-state index in [9.17, 15) is 20.2 Å². The number of rotatable bonds is 4. The summed E-state index contributed by atoms with van der Waals surface area (Å²) in [5, 5.41) is 23.0. The minimum Gasteiger partial charge on any atom is -0.321 e. The lowest BCUT2D eigenvalue weighted by atomic mass is 10.1. The molecule has 0 fully saturated rings. The molecule has 0 heterocycles. The molecule has 2 aromatic rings. The van der Waals surface area contributed by atoms with Crippen LogP contribution in [-0.2, 0) is 4.79 Å². The number of amides is 1. The van der Waals surface area contributed by atoms with Crippen molar-refractivity contribution in [3.63, 3.8) is 0 Å². The fourth-order valence-electron chi connectivity index (χ4n) is 2.14. The summed E-state index contributed by atoms with van der Waals surface area (Å²) in [5.41, 5.74) is 2.33. The summed E-state index contributed by atoms with van der Waals surface area (Å²) >= 11 is 6.00. The second-order valence-corrected chi connectivity index (χ2v) is 5.74. The van der Waals surface area contributed by atoms with Crippen molar-refractivity contribution in [2.24, 2.45) is 0 Å². The monoisotopic (exact) mass is 355 g/mol. The Kier molecular flexibility index (Phi) is 5.52. The maximum absolute atomic E-state index is 12.4. The van der Waals surface area contributed by atoms with Gasteiger partial charge in [-0.05, 0) is 43.2 Å². The van der Waals surface area contributed by atoms with E-state index in [0.717, 1.165) is 11.1 Å². The predicted octanol–water partition coefficient (Wildman–Crippen LogP) is 4.41. The SMILES string of the molecule is Cc1cccc(NC(=O)/C(C#N)=C/c2cc([N+](=O)[O-])ccc2Cl)c1C. The van der Waals surface area contributed by atoms with E-state index in [1.165, 1.54) is 24.3 Å². The summed E-state index contributed by atoms with van der Waals surface area (Å²) < 4.78 is 0. The van der Waals surface area contributed by atoms with Crippen LogP contribution in [0.3, 0.4) is 0 Å². The van der Waals surface area contributed by atoms with Crippen LogP contribution in [-0.4, -0.2) is 10.8 Å². The van der Waals surface area contributed by atoms with E-state index in [4.69, 9.17) is 11.6 Å². The van der Waals surface area contributed by atoms with E-state index in [-0.39, 0.29) is 21.8 Å². The highest BCUT2D eigenvalue weighted by Gasteiger charge is 2.14. The number of nitro benzene ring substituents is 1. The second-order valence-electron chi connectivity index (χ2n) is 5.33. The number of halogens is 1. The lowest BCUT2D eigenvalue weighted by Crippen LogP contribution is -2.14. The van der Waals surface area contributed by atoms with E-state index >= 15 is 0 Å². The van der Waals surface area contributed by atoms with Crippen LogP contribution in [0.15, 0.2) is 42.0 Å². The second kappa shape index (κ2) is 7.60. The third-order valence-corrected chi connectivity index (χ3v) is 4.05. The van der Waals surface area contributed by atoms with E-state index in [1.54, 1.807) is 18.2 Å². The zero-order valence-electron chi connectivity index (χ0n) is 13.5. The number of hydrogen-bond acceptors (Lipinski definition) is 4. The summed E-state index contributed by atoms with van der Waals surface area (Å²) in [6.45, 7) is 3.77. The van der Waals surface area contributed by atoms with E-state index in [1.807, 2.05) is 19.9 Å². The van der Waals surface area contributed by atoms with Gasteiger partial charge in [0.15, 0.2) is 0 Å². The standard InChI is InChI=1S/C18H14ClN3O3/c1-11-4-3-5-17(12(11)2)21-18(23)14(10-20)8-13-9-15(22(24)25)6-7-16(13)19/h3-9H,1-2H3,(H,21,23)/b14-8+. The van der Waals surface area contributed by atoms with Crippen molar-refractivity contribution in [3.8, 4) is 6.07 Å². The molecule has 2 aromatic carbocycles. The number of nitrogens with zero attached hydrogens (tertiary/aromatic N) is 2. The van der Waals surface area contributed by atoms with Crippen LogP contribution in [0, 0.1) is 35.3 Å². The number of carbonyl (C=O) groups excluding carboxylic acids is 1. The van der Waals surface area contributed by atoms with Gasteiger partial charge in [-0.15, -0.1) is 0 Å². The van der Waals surface area contributed by atoms with E-state index < -0.39 is 10.8 Å². The molecule has 0 aliphatic rings. The van der Waals surface area contributed by atoms with Crippen LogP contribution >= 0.6 is 11.6 Å². The predicted molar refractivity (Wildman–Crippen MR) is 96.2 cm³/mol. The number of benzene rings is 2. The quantitative estimate of drug-likeness (QED) is 0.380. The summed E-state index contributed by atoms with van der Waals surface area (Å²) in [6, 6.07) is 11.1. The van der Waals surface area contributed by atoms with Gasteiger partial charge >= 0.3 is 0 Å². The van der Waals surface area contributed by atoms with Crippen molar-refractivity contribution in [1.29, 1.82) is 5.26 Å². The Labute approximate surface area is 149 Å². The molecule has 0 aromatic heterocycles. The van der Waals surface area contributed by atoms with Gasteiger partial charge in [0, 0.05) is 28.4 Å². The first-order valence-electron chi connectivity index (χ1n) is 7.26. The topological polar surface area (TPSA) is 96.0 Å². The minimum absolute atomic E-state index is 0.178. The fraction of sp³-hybridized carbons (Fsp3) is 0.111. The number of aryl methyl sites for hydroxylation is 1. The van der Waals surface area contributed by atoms with Crippen LogP contribution in [0.5, 0.6) is 0 Å². The molecule has 0 unspecified atom stereocenters. The van der Waals surface area contributed by atoms with Crippen molar-refractivity contribution in [3.05, 3.63) is 73.8 Å². The molecule has 126 valence electrons. The number of non-ortho nitro benzene ring substituents is 1. The largest absolute Gasteiger partial charge is 0.321 e. The van der Waals surface area contributed by atoms with Crippen molar-refractivity contribution in [2.45, 2.75) is 13.8 Å². The summed E-state index contributed by atoms with van der Waals surface area (Å²) in [7, 11) is 0. The molecule has 0 saturated carbocycles. The Hall–Kier alpha value is -3.17. The van der Waals surface area contributed by atoms with Gasteiger partial charge in [0.05, 0.1) is 4.92 Å².